The average Bonchev–Trinajstić information content (AvgIpc) is 2.53. The molecular weight excluding hydrogens is 192 g/mol. The highest BCUT2D eigenvalue weighted by atomic mass is 16.5. The largest absolute Gasteiger partial charge is 0.385 e. The Kier molecular flexibility index (Phi) is 4.03. The Morgan fingerprint density at radius 2 is 2.33 bits per heavy atom. The van der Waals surface area contributed by atoms with Crippen molar-refractivity contribution in [2.75, 3.05) is 13.7 Å². The Balaban J connectivity index is 2.71. The topological polar surface area (TPSA) is 44.1 Å². The van der Waals surface area contributed by atoms with E-state index < -0.39 is 0 Å². The minimum atomic E-state index is -0.00662. The van der Waals surface area contributed by atoms with E-state index in [1.165, 1.54) is 0 Å². The fourth-order valence-electron chi connectivity index (χ4n) is 1.53. The van der Waals surface area contributed by atoms with E-state index in [0.717, 1.165) is 17.7 Å². The molecule has 0 saturated heterocycles. The number of ketones is 1. The number of rotatable bonds is 5. The lowest BCUT2D eigenvalue weighted by Gasteiger charge is -2.08. The molecule has 0 spiro atoms. The number of methoxy groups -OCH3 is 1. The van der Waals surface area contributed by atoms with Gasteiger partial charge in [0.1, 0.15) is 0 Å². The van der Waals surface area contributed by atoms with E-state index in [1.54, 1.807) is 18.0 Å². The fourth-order valence-corrected chi connectivity index (χ4v) is 1.53. The number of nitrogens with zero attached hydrogens (tertiary/aromatic N) is 2. The highest BCUT2D eigenvalue weighted by Crippen LogP contribution is 2.14. The molecule has 0 aliphatic rings. The number of aryl methyl sites for hydroxylation is 2. The van der Waals surface area contributed by atoms with E-state index >= 15 is 0 Å². The van der Waals surface area contributed by atoms with E-state index in [2.05, 4.69) is 5.10 Å². The van der Waals surface area contributed by atoms with Crippen LogP contribution in [0.3, 0.4) is 0 Å². The summed E-state index contributed by atoms with van der Waals surface area (Å²) in [6.45, 7) is 4.40. The van der Waals surface area contributed by atoms with Crippen LogP contribution >= 0.6 is 0 Å². The maximum Gasteiger partial charge on any atom is 0.169 e. The molecule has 1 aromatic heterocycles. The number of ether oxygens (including phenoxy) is 1. The average molecular weight is 210 g/mol. The predicted molar refractivity (Wildman–Crippen MR) is 57.9 cm³/mol. The summed E-state index contributed by atoms with van der Waals surface area (Å²) in [6, 6.07) is 0. The van der Waals surface area contributed by atoms with Crippen LogP contribution in [0.25, 0.3) is 0 Å². The lowest BCUT2D eigenvalue weighted by atomic mass is 9.97. The van der Waals surface area contributed by atoms with Crippen molar-refractivity contribution in [3.8, 4) is 0 Å². The van der Waals surface area contributed by atoms with Crippen LogP contribution in [0, 0.1) is 12.8 Å². The third-order valence-electron chi connectivity index (χ3n) is 2.48. The molecule has 1 unspecified atom stereocenters. The van der Waals surface area contributed by atoms with Gasteiger partial charge in [0.05, 0.1) is 11.3 Å². The van der Waals surface area contributed by atoms with E-state index in [4.69, 9.17) is 4.74 Å². The van der Waals surface area contributed by atoms with E-state index in [9.17, 15) is 4.79 Å². The highest BCUT2D eigenvalue weighted by Gasteiger charge is 2.18. The molecule has 0 bridgehead atoms. The van der Waals surface area contributed by atoms with Gasteiger partial charge in [-0.3, -0.25) is 9.48 Å². The monoisotopic (exact) mass is 210 g/mol. The van der Waals surface area contributed by atoms with Gasteiger partial charge in [-0.2, -0.15) is 5.10 Å². The van der Waals surface area contributed by atoms with Gasteiger partial charge in [0.2, 0.25) is 0 Å². The Hall–Kier alpha value is -1.16. The minimum absolute atomic E-state index is 0.00662. The van der Waals surface area contributed by atoms with Crippen molar-refractivity contribution in [2.45, 2.75) is 20.3 Å². The van der Waals surface area contributed by atoms with Crippen LogP contribution < -0.4 is 0 Å². The van der Waals surface area contributed by atoms with E-state index in [-0.39, 0.29) is 11.7 Å². The molecule has 1 rings (SSSR count). The zero-order valence-electron chi connectivity index (χ0n) is 9.78. The van der Waals surface area contributed by atoms with Gasteiger partial charge in [-0.1, -0.05) is 6.92 Å². The standard InChI is InChI=1S/C11H18N2O2/c1-8(5-6-15-4)11(14)10-7-13(3)12-9(10)2/h7-8H,5-6H2,1-4H3. The molecule has 0 radical (unpaired) electrons. The summed E-state index contributed by atoms with van der Waals surface area (Å²) >= 11 is 0. The zero-order valence-corrected chi connectivity index (χ0v) is 9.78. The first kappa shape index (κ1) is 11.9. The molecule has 0 aliphatic heterocycles. The maximum absolute atomic E-state index is 12.0. The normalized spacial score (nSPS) is 12.8. The Morgan fingerprint density at radius 1 is 1.67 bits per heavy atom. The molecule has 1 heterocycles. The molecular formula is C11H18N2O2. The maximum atomic E-state index is 12.0. The number of aromatic nitrogens is 2. The van der Waals surface area contributed by atoms with Crippen molar-refractivity contribution in [2.24, 2.45) is 13.0 Å². The second-order valence-electron chi connectivity index (χ2n) is 3.85. The minimum Gasteiger partial charge on any atom is -0.385 e. The van der Waals surface area contributed by atoms with Crippen LogP contribution in [0.1, 0.15) is 29.4 Å². The summed E-state index contributed by atoms with van der Waals surface area (Å²) in [7, 11) is 3.47. The first-order valence-corrected chi connectivity index (χ1v) is 5.09. The zero-order chi connectivity index (χ0) is 11.4. The first-order valence-electron chi connectivity index (χ1n) is 5.09. The molecule has 1 aromatic rings. The first-order chi connectivity index (χ1) is 7.06. The fraction of sp³-hybridized carbons (Fsp3) is 0.636. The highest BCUT2D eigenvalue weighted by molar-refractivity contribution is 5.98. The Bertz CT molecular complexity index is 344. The van der Waals surface area contributed by atoms with Gasteiger partial charge in [-0.25, -0.2) is 0 Å². The van der Waals surface area contributed by atoms with Gasteiger partial charge >= 0.3 is 0 Å². The lowest BCUT2D eigenvalue weighted by Crippen LogP contribution is -2.13. The molecule has 4 nitrogen and oxygen atoms in total. The molecule has 0 saturated carbocycles. The van der Waals surface area contributed by atoms with Crippen LogP contribution in [0.15, 0.2) is 6.20 Å². The quantitative estimate of drug-likeness (QED) is 0.693. The third kappa shape index (κ3) is 2.89. The van der Waals surface area contributed by atoms with E-state index in [0.29, 0.717) is 6.61 Å². The molecule has 15 heavy (non-hydrogen) atoms. The van der Waals surface area contributed by atoms with Gasteiger partial charge in [0, 0.05) is 32.9 Å². The second-order valence-corrected chi connectivity index (χ2v) is 3.85. The van der Waals surface area contributed by atoms with Gasteiger partial charge in [0.25, 0.3) is 0 Å². The molecule has 0 aliphatic carbocycles. The number of hydrogen-bond acceptors (Lipinski definition) is 3. The molecule has 0 fully saturated rings. The van der Waals surface area contributed by atoms with Crippen molar-refractivity contribution in [1.82, 2.24) is 9.78 Å². The number of Topliss-reactive ketones (excluding diaryl/α,β-unsaturated/α-hetero) is 1. The lowest BCUT2D eigenvalue weighted by molar-refractivity contribution is 0.0893. The van der Waals surface area contributed by atoms with Crippen LogP contribution in [0.5, 0.6) is 0 Å². The van der Waals surface area contributed by atoms with Gasteiger partial charge < -0.3 is 4.74 Å². The smallest absolute Gasteiger partial charge is 0.169 e. The van der Waals surface area contributed by atoms with Crippen molar-refractivity contribution < 1.29 is 9.53 Å². The SMILES string of the molecule is COCCC(C)C(=O)c1cn(C)nc1C. The van der Waals surface area contributed by atoms with Gasteiger partial charge in [0.15, 0.2) is 5.78 Å². The number of carbonyl (C=O) groups excluding carboxylic acids is 1. The van der Waals surface area contributed by atoms with Gasteiger partial charge in [-0.05, 0) is 13.3 Å². The number of carbonyl (C=O) groups is 1. The summed E-state index contributed by atoms with van der Waals surface area (Å²) in [5.41, 5.74) is 1.52. The Morgan fingerprint density at radius 3 is 2.80 bits per heavy atom. The van der Waals surface area contributed by atoms with Crippen LogP contribution in [-0.4, -0.2) is 29.3 Å². The van der Waals surface area contributed by atoms with Gasteiger partial charge in [-0.15, -0.1) is 0 Å². The third-order valence-corrected chi connectivity index (χ3v) is 2.48. The van der Waals surface area contributed by atoms with E-state index in [1.807, 2.05) is 20.9 Å². The summed E-state index contributed by atoms with van der Waals surface area (Å²) in [5, 5.41) is 4.16. The van der Waals surface area contributed by atoms with Crippen molar-refractivity contribution in [1.29, 1.82) is 0 Å². The molecule has 84 valence electrons. The molecule has 0 N–H and O–H groups in total. The van der Waals surface area contributed by atoms with Crippen molar-refractivity contribution in [3.63, 3.8) is 0 Å². The van der Waals surface area contributed by atoms with Crippen LogP contribution in [0.4, 0.5) is 0 Å². The summed E-state index contributed by atoms with van der Waals surface area (Å²) < 4.78 is 6.63. The van der Waals surface area contributed by atoms with Crippen LogP contribution in [-0.2, 0) is 11.8 Å². The summed E-state index contributed by atoms with van der Waals surface area (Å²) in [6.07, 6.45) is 2.53. The molecule has 0 amide bonds. The summed E-state index contributed by atoms with van der Waals surface area (Å²) in [5.74, 6) is 0.144. The van der Waals surface area contributed by atoms with Crippen molar-refractivity contribution in [3.05, 3.63) is 17.5 Å². The number of hydrogen-bond donors (Lipinski definition) is 0. The molecule has 4 heteroatoms. The second kappa shape index (κ2) is 5.07. The van der Waals surface area contributed by atoms with Crippen molar-refractivity contribution >= 4 is 5.78 Å². The van der Waals surface area contributed by atoms with Crippen LogP contribution in [0.2, 0.25) is 0 Å². The Labute approximate surface area is 90.2 Å². The predicted octanol–water partition coefficient (Wildman–Crippen LogP) is 1.58. The molecule has 0 aromatic carbocycles. The molecule has 1 atom stereocenters. The summed E-state index contributed by atoms with van der Waals surface area (Å²) in [4.78, 5) is 12.0.